The van der Waals surface area contributed by atoms with Crippen LogP contribution in [-0.4, -0.2) is 38.4 Å². The van der Waals surface area contributed by atoms with Gasteiger partial charge in [0.1, 0.15) is 5.60 Å². The van der Waals surface area contributed by atoms with E-state index in [4.69, 9.17) is 0 Å². The lowest BCUT2D eigenvalue weighted by Gasteiger charge is -2.63. The zero-order chi connectivity index (χ0) is 14.6. The summed E-state index contributed by atoms with van der Waals surface area (Å²) < 4.78 is 0. The molecule has 0 aliphatic heterocycles. The summed E-state index contributed by atoms with van der Waals surface area (Å²) in [5.41, 5.74) is -2.42. The number of rotatable bonds is 4. The lowest BCUT2D eigenvalue weighted by atomic mass is 9.42. The van der Waals surface area contributed by atoms with E-state index >= 15 is 0 Å². The summed E-state index contributed by atoms with van der Waals surface area (Å²) in [6.07, 6.45) is 1.80. The van der Waals surface area contributed by atoms with Crippen LogP contribution in [0.2, 0.25) is 0 Å². The maximum atomic E-state index is 11.8. The van der Waals surface area contributed by atoms with Crippen molar-refractivity contribution >= 4 is 5.78 Å². The van der Waals surface area contributed by atoms with Crippen molar-refractivity contribution in [2.45, 2.75) is 70.7 Å². The molecule has 0 heterocycles. The first-order chi connectivity index (χ1) is 8.49. The highest BCUT2D eigenvalue weighted by molar-refractivity contribution is 5.89. The van der Waals surface area contributed by atoms with E-state index in [9.17, 15) is 20.1 Å². The van der Waals surface area contributed by atoms with Crippen LogP contribution < -0.4 is 0 Å². The van der Waals surface area contributed by atoms with Gasteiger partial charge in [-0.2, -0.15) is 0 Å². The quantitative estimate of drug-likeness (QED) is 0.719. The van der Waals surface area contributed by atoms with Crippen LogP contribution in [0.15, 0.2) is 0 Å². The highest BCUT2D eigenvalue weighted by Crippen LogP contribution is 2.63. The number of carbonyl (C=O) groups is 1. The fraction of sp³-hybridized carbons (Fsp3) is 0.933. The van der Waals surface area contributed by atoms with Crippen LogP contribution in [0.3, 0.4) is 0 Å². The van der Waals surface area contributed by atoms with Gasteiger partial charge < -0.3 is 15.3 Å². The Morgan fingerprint density at radius 3 is 2.47 bits per heavy atom. The Bertz CT molecular complexity index is 382. The summed E-state index contributed by atoms with van der Waals surface area (Å²) in [7, 11) is 0. The number of aliphatic hydroxyl groups excluding tert-OH is 1. The molecule has 0 spiro atoms. The maximum absolute atomic E-state index is 11.8. The molecular formula is C15H26O4. The third-order valence-electron chi connectivity index (χ3n) is 5.70. The number of Topliss-reactive ketones (excluding diaryl/α,β-unsaturated/α-hetero) is 1. The van der Waals surface area contributed by atoms with Gasteiger partial charge in [0, 0.05) is 12.3 Å². The fourth-order valence-corrected chi connectivity index (χ4v) is 3.94. The molecular weight excluding hydrogens is 244 g/mol. The van der Waals surface area contributed by atoms with Crippen molar-refractivity contribution < 1.29 is 20.1 Å². The van der Waals surface area contributed by atoms with E-state index in [-0.39, 0.29) is 17.1 Å². The largest absolute Gasteiger partial charge is 0.390 e. The van der Waals surface area contributed by atoms with Crippen molar-refractivity contribution in [1.82, 2.24) is 0 Å². The molecule has 19 heavy (non-hydrogen) atoms. The van der Waals surface area contributed by atoms with Crippen molar-refractivity contribution in [2.75, 3.05) is 0 Å². The first-order valence-corrected chi connectivity index (χ1v) is 7.15. The predicted molar refractivity (Wildman–Crippen MR) is 71.5 cm³/mol. The van der Waals surface area contributed by atoms with E-state index in [2.05, 4.69) is 6.92 Å². The Morgan fingerprint density at radius 1 is 1.42 bits per heavy atom. The highest BCUT2D eigenvalue weighted by Gasteiger charge is 2.64. The molecule has 0 aromatic heterocycles. The average molecular weight is 270 g/mol. The Labute approximate surface area is 114 Å². The number of ketones is 1. The second-order valence-electron chi connectivity index (χ2n) is 7.47. The summed E-state index contributed by atoms with van der Waals surface area (Å²) >= 11 is 0. The first kappa shape index (κ1) is 14.9. The third kappa shape index (κ3) is 2.24. The van der Waals surface area contributed by atoms with Crippen LogP contribution in [0.5, 0.6) is 0 Å². The lowest BCUT2D eigenvalue weighted by molar-refractivity contribution is -0.205. The number of hydrogen-bond acceptors (Lipinski definition) is 4. The molecule has 0 radical (unpaired) electrons. The molecule has 0 saturated heterocycles. The van der Waals surface area contributed by atoms with Crippen molar-refractivity contribution in [3.05, 3.63) is 0 Å². The smallest absolute Gasteiger partial charge is 0.164 e. The molecule has 3 aliphatic rings. The summed E-state index contributed by atoms with van der Waals surface area (Å²) in [5, 5.41) is 30.1. The van der Waals surface area contributed by atoms with Crippen LogP contribution in [-0.2, 0) is 4.79 Å². The van der Waals surface area contributed by atoms with Crippen LogP contribution in [0, 0.1) is 17.3 Å². The topological polar surface area (TPSA) is 77.8 Å². The number of fused-ring (bicyclic) bond motifs is 2. The molecule has 5 unspecified atom stereocenters. The predicted octanol–water partition coefficient (Wildman–Crippen LogP) is 1.26. The molecule has 0 aromatic carbocycles. The maximum Gasteiger partial charge on any atom is 0.164 e. The number of hydrogen-bond donors (Lipinski definition) is 3. The summed E-state index contributed by atoms with van der Waals surface area (Å²) in [6.45, 7) is 6.92. The van der Waals surface area contributed by atoms with E-state index < -0.39 is 17.3 Å². The van der Waals surface area contributed by atoms with Crippen molar-refractivity contribution in [2.24, 2.45) is 17.3 Å². The van der Waals surface area contributed by atoms with Gasteiger partial charge >= 0.3 is 0 Å². The van der Waals surface area contributed by atoms with Gasteiger partial charge in [0.05, 0.1) is 11.7 Å². The molecule has 3 saturated carbocycles. The van der Waals surface area contributed by atoms with Crippen molar-refractivity contribution in [3.8, 4) is 0 Å². The molecule has 3 rings (SSSR count). The van der Waals surface area contributed by atoms with Gasteiger partial charge in [-0.05, 0) is 51.4 Å². The molecule has 110 valence electrons. The van der Waals surface area contributed by atoms with Crippen molar-refractivity contribution in [3.63, 3.8) is 0 Å². The molecule has 4 nitrogen and oxygen atoms in total. The van der Waals surface area contributed by atoms with Gasteiger partial charge in [0.25, 0.3) is 0 Å². The van der Waals surface area contributed by atoms with E-state index in [1.807, 2.05) is 0 Å². The Morgan fingerprint density at radius 2 is 2.00 bits per heavy atom. The second kappa shape index (κ2) is 4.27. The number of aliphatic hydroxyl groups is 3. The molecule has 4 heteroatoms. The van der Waals surface area contributed by atoms with E-state index in [1.54, 1.807) is 20.8 Å². The van der Waals surface area contributed by atoms with Crippen LogP contribution in [0.1, 0.15) is 53.4 Å². The molecule has 0 amide bonds. The second-order valence-corrected chi connectivity index (χ2v) is 7.47. The molecule has 2 bridgehead atoms. The van der Waals surface area contributed by atoms with E-state index in [0.717, 1.165) is 12.8 Å². The van der Waals surface area contributed by atoms with Crippen LogP contribution in [0.4, 0.5) is 0 Å². The summed E-state index contributed by atoms with van der Waals surface area (Å²) in [4.78, 5) is 11.8. The minimum absolute atomic E-state index is 0.0137. The first-order valence-electron chi connectivity index (χ1n) is 7.15. The fourth-order valence-electron chi connectivity index (χ4n) is 3.94. The average Bonchev–Trinajstić information content (AvgIpc) is 2.26. The monoisotopic (exact) mass is 270 g/mol. The Hall–Kier alpha value is -0.450. The normalized spacial score (nSPS) is 43.8. The van der Waals surface area contributed by atoms with E-state index in [1.165, 1.54) is 0 Å². The van der Waals surface area contributed by atoms with Gasteiger partial charge in [0.2, 0.25) is 0 Å². The van der Waals surface area contributed by atoms with Crippen molar-refractivity contribution in [1.29, 1.82) is 0 Å². The third-order valence-corrected chi connectivity index (χ3v) is 5.70. The minimum atomic E-state index is -1.22. The van der Waals surface area contributed by atoms with Crippen LogP contribution in [0.25, 0.3) is 0 Å². The standard InChI is InChI=1S/C15H26O4/c1-13(2,18)11(16)5-6-14(3)9-7-10(14)15(4,19)12(17)8-9/h9-11,16,18-19H,5-8H2,1-4H3. The molecule has 3 fully saturated rings. The van der Waals surface area contributed by atoms with Gasteiger partial charge in [-0.3, -0.25) is 4.79 Å². The molecule has 5 atom stereocenters. The highest BCUT2D eigenvalue weighted by atomic mass is 16.3. The molecule has 3 N–H and O–H groups in total. The zero-order valence-corrected chi connectivity index (χ0v) is 12.3. The molecule has 3 aliphatic carbocycles. The van der Waals surface area contributed by atoms with E-state index in [0.29, 0.717) is 18.8 Å². The van der Waals surface area contributed by atoms with Gasteiger partial charge in [-0.15, -0.1) is 0 Å². The summed E-state index contributed by atoms with van der Waals surface area (Å²) in [5.74, 6) is 0.258. The minimum Gasteiger partial charge on any atom is -0.390 e. The Kier molecular flexibility index (Phi) is 3.36. The SMILES string of the molecule is CC(C)(O)C(O)CCC1(C)C2CC(=O)C(C)(O)C1C2. The molecule has 0 aromatic rings. The van der Waals surface area contributed by atoms with Gasteiger partial charge in [0.15, 0.2) is 5.78 Å². The summed E-state index contributed by atoms with van der Waals surface area (Å²) in [6, 6.07) is 0. The number of carbonyl (C=O) groups excluding carboxylic acids is 1. The lowest BCUT2D eigenvalue weighted by Crippen LogP contribution is -2.66. The van der Waals surface area contributed by atoms with Gasteiger partial charge in [-0.1, -0.05) is 6.92 Å². The van der Waals surface area contributed by atoms with Gasteiger partial charge in [-0.25, -0.2) is 0 Å². The van der Waals surface area contributed by atoms with Crippen LogP contribution >= 0.6 is 0 Å². The Balaban J connectivity index is 2.04. The zero-order valence-electron chi connectivity index (χ0n) is 12.3.